The standard InChI is InChI=1S/C25H28N4O3.C14H15N/c30-24(23(25(31)32)8-5-13-26-17-21-6-1-3-14-28-21)20-11-9-19(10-12-20)16-27-18-22-7-2-4-15-29-22;15-11-14(12-7-3-1-4-8-12)13-9-5-2-6-10-13/h1-4,6-7,9-12,14-15,23,26-27H,5,8,13,16-18H2,(H,31,32);1-10,14H,11,15H2/t23-;/m0./s1. The summed E-state index contributed by atoms with van der Waals surface area (Å²) in [6.07, 6.45) is 4.37. The number of hydrogen-bond donors (Lipinski definition) is 4. The molecule has 242 valence electrons. The minimum absolute atomic E-state index is 0.288. The molecule has 5 rings (SSSR count). The van der Waals surface area contributed by atoms with E-state index in [2.05, 4.69) is 69.1 Å². The molecular weight excluding hydrogens is 586 g/mol. The molecule has 2 aromatic heterocycles. The lowest BCUT2D eigenvalue weighted by atomic mass is 9.92. The molecule has 0 aliphatic heterocycles. The lowest BCUT2D eigenvalue weighted by Gasteiger charge is -2.15. The zero-order valence-electron chi connectivity index (χ0n) is 26.5. The molecule has 0 aliphatic rings. The molecule has 0 aliphatic carbocycles. The van der Waals surface area contributed by atoms with Crippen LogP contribution in [0.4, 0.5) is 0 Å². The van der Waals surface area contributed by atoms with E-state index in [1.165, 1.54) is 11.1 Å². The molecule has 0 unspecified atom stereocenters. The van der Waals surface area contributed by atoms with Crippen LogP contribution in [0.15, 0.2) is 134 Å². The maximum atomic E-state index is 12.7. The molecule has 2 heterocycles. The van der Waals surface area contributed by atoms with Crippen LogP contribution >= 0.6 is 0 Å². The molecule has 0 fully saturated rings. The highest BCUT2D eigenvalue weighted by Crippen LogP contribution is 2.22. The zero-order chi connectivity index (χ0) is 33.1. The number of nitrogens with two attached hydrogens (primary N) is 1. The van der Waals surface area contributed by atoms with E-state index in [4.69, 9.17) is 5.73 Å². The molecule has 0 amide bonds. The van der Waals surface area contributed by atoms with Gasteiger partial charge in [0.15, 0.2) is 5.78 Å². The van der Waals surface area contributed by atoms with Crippen LogP contribution in [0.2, 0.25) is 0 Å². The van der Waals surface area contributed by atoms with Crippen LogP contribution in [-0.4, -0.2) is 39.9 Å². The van der Waals surface area contributed by atoms with E-state index in [9.17, 15) is 14.7 Å². The Kier molecular flexibility index (Phi) is 14.4. The second-order valence-corrected chi connectivity index (χ2v) is 11.1. The van der Waals surface area contributed by atoms with Crippen molar-refractivity contribution in [1.29, 1.82) is 0 Å². The highest BCUT2D eigenvalue weighted by molar-refractivity contribution is 6.08. The molecule has 5 aromatic rings. The van der Waals surface area contributed by atoms with Gasteiger partial charge in [0.2, 0.25) is 0 Å². The lowest BCUT2D eigenvalue weighted by Crippen LogP contribution is -2.25. The van der Waals surface area contributed by atoms with Crippen molar-refractivity contribution in [2.45, 2.75) is 38.4 Å². The van der Waals surface area contributed by atoms with Crippen LogP contribution < -0.4 is 16.4 Å². The van der Waals surface area contributed by atoms with Gasteiger partial charge in [-0.2, -0.15) is 0 Å². The van der Waals surface area contributed by atoms with Crippen LogP contribution in [0.3, 0.4) is 0 Å². The molecule has 8 nitrogen and oxygen atoms in total. The van der Waals surface area contributed by atoms with E-state index in [1.54, 1.807) is 24.5 Å². The average Bonchev–Trinajstić information content (AvgIpc) is 3.12. The Morgan fingerprint density at radius 1 is 0.660 bits per heavy atom. The monoisotopic (exact) mass is 629 g/mol. The average molecular weight is 630 g/mol. The second kappa shape index (κ2) is 19.5. The highest BCUT2D eigenvalue weighted by atomic mass is 16.4. The fraction of sp³-hybridized carbons (Fsp3) is 0.231. The molecule has 0 bridgehead atoms. The summed E-state index contributed by atoms with van der Waals surface area (Å²) >= 11 is 0. The van der Waals surface area contributed by atoms with Gasteiger partial charge in [0.25, 0.3) is 0 Å². The third kappa shape index (κ3) is 11.7. The first-order valence-electron chi connectivity index (χ1n) is 15.9. The van der Waals surface area contributed by atoms with E-state index < -0.39 is 11.9 Å². The minimum atomic E-state index is -1.08. The van der Waals surface area contributed by atoms with Gasteiger partial charge in [0, 0.05) is 50.1 Å². The van der Waals surface area contributed by atoms with Crippen LogP contribution in [0.5, 0.6) is 0 Å². The zero-order valence-corrected chi connectivity index (χ0v) is 26.5. The normalized spacial score (nSPS) is 11.4. The van der Waals surface area contributed by atoms with Crippen molar-refractivity contribution in [3.05, 3.63) is 167 Å². The predicted octanol–water partition coefficient (Wildman–Crippen LogP) is 6.00. The number of carbonyl (C=O) groups excluding carboxylic acids is 1. The van der Waals surface area contributed by atoms with E-state index in [-0.39, 0.29) is 12.2 Å². The van der Waals surface area contributed by atoms with E-state index in [0.29, 0.717) is 50.6 Å². The van der Waals surface area contributed by atoms with Crippen molar-refractivity contribution in [3.63, 3.8) is 0 Å². The molecule has 0 saturated carbocycles. The molecule has 8 heteroatoms. The first-order valence-corrected chi connectivity index (χ1v) is 15.9. The van der Waals surface area contributed by atoms with Gasteiger partial charge in [-0.05, 0) is 60.3 Å². The molecule has 3 aromatic carbocycles. The van der Waals surface area contributed by atoms with Gasteiger partial charge in [-0.25, -0.2) is 0 Å². The van der Waals surface area contributed by atoms with Crippen LogP contribution in [0, 0.1) is 5.92 Å². The number of ketones is 1. The number of Topliss-reactive ketones (excluding diaryl/α,β-unsaturated/α-hetero) is 1. The fourth-order valence-corrected chi connectivity index (χ4v) is 5.18. The molecule has 0 spiro atoms. The van der Waals surface area contributed by atoms with Gasteiger partial charge < -0.3 is 21.5 Å². The van der Waals surface area contributed by atoms with Gasteiger partial charge >= 0.3 is 5.97 Å². The third-order valence-electron chi connectivity index (χ3n) is 7.73. The van der Waals surface area contributed by atoms with E-state index in [1.807, 2.05) is 60.7 Å². The van der Waals surface area contributed by atoms with Gasteiger partial charge in [-0.3, -0.25) is 19.6 Å². The maximum absolute atomic E-state index is 12.7. The highest BCUT2D eigenvalue weighted by Gasteiger charge is 2.26. The van der Waals surface area contributed by atoms with Crippen molar-refractivity contribution >= 4 is 11.8 Å². The number of aliphatic carboxylic acids is 1. The summed E-state index contributed by atoms with van der Waals surface area (Å²) in [4.78, 5) is 32.9. The molecule has 5 N–H and O–H groups in total. The van der Waals surface area contributed by atoms with Gasteiger partial charge in [0.05, 0.1) is 11.4 Å². The summed E-state index contributed by atoms with van der Waals surface area (Å²) in [6, 6.07) is 39.4. The number of pyridine rings is 2. The topological polar surface area (TPSA) is 130 Å². The summed E-state index contributed by atoms with van der Waals surface area (Å²) in [5, 5.41) is 16.1. The largest absolute Gasteiger partial charge is 0.481 e. The molecule has 0 radical (unpaired) electrons. The molecule has 0 saturated heterocycles. The van der Waals surface area contributed by atoms with Crippen molar-refractivity contribution in [2.75, 3.05) is 13.1 Å². The summed E-state index contributed by atoms with van der Waals surface area (Å²) in [5.41, 5.74) is 11.7. The second-order valence-electron chi connectivity index (χ2n) is 11.1. The molecular formula is C39H43N5O3. The predicted molar refractivity (Wildman–Crippen MR) is 186 cm³/mol. The molecule has 47 heavy (non-hydrogen) atoms. The Hall–Kier alpha value is -5.02. The van der Waals surface area contributed by atoms with Crippen LogP contribution in [0.1, 0.15) is 57.2 Å². The maximum Gasteiger partial charge on any atom is 0.314 e. The van der Waals surface area contributed by atoms with Gasteiger partial charge in [-0.15, -0.1) is 0 Å². The number of rotatable bonds is 16. The third-order valence-corrected chi connectivity index (χ3v) is 7.73. The quantitative estimate of drug-likeness (QED) is 0.0595. The Balaban J connectivity index is 0.000000277. The summed E-state index contributed by atoms with van der Waals surface area (Å²) in [7, 11) is 0. The van der Waals surface area contributed by atoms with E-state index in [0.717, 1.165) is 17.0 Å². The van der Waals surface area contributed by atoms with Crippen molar-refractivity contribution in [1.82, 2.24) is 20.6 Å². The van der Waals surface area contributed by atoms with Crippen molar-refractivity contribution in [3.8, 4) is 0 Å². The van der Waals surface area contributed by atoms with Crippen molar-refractivity contribution in [2.24, 2.45) is 11.7 Å². The number of carboxylic acids is 1. The number of hydrogen-bond acceptors (Lipinski definition) is 7. The van der Waals surface area contributed by atoms with Crippen LogP contribution in [0.25, 0.3) is 0 Å². The number of nitrogens with zero attached hydrogens (tertiary/aromatic N) is 2. The summed E-state index contributed by atoms with van der Waals surface area (Å²) in [6.45, 7) is 3.16. The Labute approximate surface area is 277 Å². The van der Waals surface area contributed by atoms with Crippen molar-refractivity contribution < 1.29 is 14.7 Å². The SMILES string of the molecule is NCC(c1ccccc1)c1ccccc1.O=C(O)[C@@H](CCCNCc1ccccn1)C(=O)c1ccc(CNCc2ccccn2)cc1. The summed E-state index contributed by atoms with van der Waals surface area (Å²) in [5.74, 6) is -2.16. The smallest absolute Gasteiger partial charge is 0.314 e. The first kappa shape index (κ1) is 34.8. The lowest BCUT2D eigenvalue weighted by molar-refractivity contribution is -0.140. The van der Waals surface area contributed by atoms with E-state index >= 15 is 0 Å². The molecule has 1 atom stereocenters. The Morgan fingerprint density at radius 2 is 1.19 bits per heavy atom. The number of carbonyl (C=O) groups is 2. The number of benzene rings is 3. The fourth-order valence-electron chi connectivity index (χ4n) is 5.18. The number of carboxylic acid groups (broad SMARTS) is 1. The van der Waals surface area contributed by atoms with Crippen LogP contribution in [-0.2, 0) is 24.4 Å². The Bertz CT molecular complexity index is 1560. The Morgan fingerprint density at radius 3 is 1.68 bits per heavy atom. The first-order chi connectivity index (χ1) is 23.0. The summed E-state index contributed by atoms with van der Waals surface area (Å²) < 4.78 is 0. The van der Waals surface area contributed by atoms with Gasteiger partial charge in [-0.1, -0.05) is 97.1 Å². The number of aromatic nitrogens is 2. The minimum Gasteiger partial charge on any atom is -0.481 e. The number of nitrogens with one attached hydrogen (secondary N) is 2. The van der Waals surface area contributed by atoms with Gasteiger partial charge in [0.1, 0.15) is 5.92 Å².